The van der Waals surface area contributed by atoms with Crippen molar-refractivity contribution in [2.45, 2.75) is 6.43 Å². The molecule has 0 aliphatic rings. The van der Waals surface area contributed by atoms with Crippen LogP contribution in [0.25, 0.3) is 0 Å². The Balaban J connectivity index is 3.98. The van der Waals surface area contributed by atoms with Crippen LogP contribution in [0.5, 0.6) is 0 Å². The minimum Gasteiger partial charge on any atom is -0.375 e. The third kappa shape index (κ3) is 5.48. The molecule has 0 radical (unpaired) electrons. The van der Waals surface area contributed by atoms with Gasteiger partial charge in [-0.2, -0.15) is 0 Å². The van der Waals surface area contributed by atoms with Crippen molar-refractivity contribution in [1.29, 1.82) is 0 Å². The summed E-state index contributed by atoms with van der Waals surface area (Å²) < 4.78 is 28.4. The summed E-state index contributed by atoms with van der Waals surface area (Å²) in [6.07, 6.45) is -2.53. The molecule has 6 heteroatoms. The molecule has 0 spiro atoms. The summed E-state index contributed by atoms with van der Waals surface area (Å²) in [6, 6.07) is 0. The molecule has 0 aliphatic carbocycles. The van der Waals surface area contributed by atoms with E-state index in [4.69, 9.17) is 5.73 Å². The average Bonchev–Trinajstić information content (AvgIpc) is 2.03. The van der Waals surface area contributed by atoms with Crippen LogP contribution in [0.2, 0.25) is 0 Å². The number of methoxy groups -OCH3 is 1. The molecule has 13 heavy (non-hydrogen) atoms. The second-order valence-electron chi connectivity index (χ2n) is 2.45. The van der Waals surface area contributed by atoms with Crippen LogP contribution in [0.15, 0.2) is 0 Å². The zero-order valence-electron chi connectivity index (χ0n) is 7.50. The number of ether oxygens (including phenoxy) is 1. The maximum Gasteiger partial charge on any atom is 0.255 e. The van der Waals surface area contributed by atoms with E-state index < -0.39 is 18.9 Å². The maximum absolute atomic E-state index is 11.9. The summed E-state index contributed by atoms with van der Waals surface area (Å²) in [7, 11) is 1.33. The largest absolute Gasteiger partial charge is 0.375 e. The molecule has 0 aliphatic heterocycles. The van der Waals surface area contributed by atoms with Crippen molar-refractivity contribution in [1.82, 2.24) is 4.90 Å². The molecule has 0 bridgehead atoms. The van der Waals surface area contributed by atoms with E-state index in [9.17, 15) is 13.6 Å². The number of amides is 1. The molecule has 0 aromatic heterocycles. The number of hydrogen-bond donors (Lipinski definition) is 1. The number of carbonyl (C=O) groups is 1. The number of alkyl halides is 2. The van der Waals surface area contributed by atoms with Crippen molar-refractivity contribution >= 4 is 5.91 Å². The first-order valence-corrected chi connectivity index (χ1v) is 3.86. The van der Waals surface area contributed by atoms with Gasteiger partial charge in [-0.15, -0.1) is 0 Å². The van der Waals surface area contributed by atoms with E-state index in [0.29, 0.717) is 0 Å². The van der Waals surface area contributed by atoms with Crippen LogP contribution in [0.4, 0.5) is 8.78 Å². The van der Waals surface area contributed by atoms with Crippen LogP contribution in [0, 0.1) is 0 Å². The van der Waals surface area contributed by atoms with Crippen molar-refractivity contribution in [2.24, 2.45) is 5.73 Å². The molecule has 0 heterocycles. The molecular weight excluding hydrogens is 182 g/mol. The number of nitrogens with two attached hydrogens (primary N) is 1. The third-order valence-electron chi connectivity index (χ3n) is 1.38. The van der Waals surface area contributed by atoms with E-state index in [1.807, 2.05) is 0 Å². The van der Waals surface area contributed by atoms with E-state index in [1.165, 1.54) is 7.11 Å². The van der Waals surface area contributed by atoms with Crippen LogP contribution in [0.3, 0.4) is 0 Å². The van der Waals surface area contributed by atoms with Gasteiger partial charge in [0.15, 0.2) is 0 Å². The minimum absolute atomic E-state index is 0.131. The molecule has 0 saturated carbocycles. The lowest BCUT2D eigenvalue weighted by molar-refractivity contribution is -0.136. The fourth-order valence-corrected chi connectivity index (χ4v) is 0.855. The fraction of sp³-hybridized carbons (Fsp3) is 0.857. The first kappa shape index (κ1) is 12.2. The van der Waals surface area contributed by atoms with Crippen molar-refractivity contribution in [3.05, 3.63) is 0 Å². The van der Waals surface area contributed by atoms with Gasteiger partial charge in [-0.05, 0) is 0 Å². The van der Waals surface area contributed by atoms with E-state index in [2.05, 4.69) is 4.74 Å². The van der Waals surface area contributed by atoms with Gasteiger partial charge in [0.05, 0.1) is 6.54 Å². The molecule has 0 atom stereocenters. The molecule has 0 fully saturated rings. The van der Waals surface area contributed by atoms with E-state index in [-0.39, 0.29) is 19.7 Å². The second-order valence-corrected chi connectivity index (χ2v) is 2.45. The highest BCUT2D eigenvalue weighted by atomic mass is 19.3. The van der Waals surface area contributed by atoms with Crippen LogP contribution in [-0.4, -0.2) is 50.6 Å². The number of hydrogen-bond acceptors (Lipinski definition) is 3. The van der Waals surface area contributed by atoms with Crippen LogP contribution in [-0.2, 0) is 9.53 Å². The highest BCUT2D eigenvalue weighted by Crippen LogP contribution is 1.98. The Kier molecular flexibility index (Phi) is 6.34. The van der Waals surface area contributed by atoms with Crippen molar-refractivity contribution in [2.75, 3.05) is 33.4 Å². The highest BCUT2D eigenvalue weighted by molar-refractivity contribution is 5.77. The number of rotatable bonds is 6. The van der Waals surface area contributed by atoms with E-state index in [1.54, 1.807) is 0 Å². The second kappa shape index (κ2) is 6.73. The van der Waals surface area contributed by atoms with Crippen LogP contribution < -0.4 is 5.73 Å². The Morgan fingerprint density at radius 2 is 2.23 bits per heavy atom. The topological polar surface area (TPSA) is 55.6 Å². The molecule has 1 amide bonds. The van der Waals surface area contributed by atoms with Gasteiger partial charge in [0, 0.05) is 20.2 Å². The van der Waals surface area contributed by atoms with Crippen LogP contribution in [0.1, 0.15) is 0 Å². The number of halogens is 2. The third-order valence-corrected chi connectivity index (χ3v) is 1.38. The Morgan fingerprint density at radius 3 is 2.62 bits per heavy atom. The Bertz CT molecular complexity index is 155. The van der Waals surface area contributed by atoms with Crippen LogP contribution >= 0.6 is 0 Å². The van der Waals surface area contributed by atoms with E-state index in [0.717, 1.165) is 4.90 Å². The smallest absolute Gasteiger partial charge is 0.255 e. The zero-order chi connectivity index (χ0) is 10.3. The predicted octanol–water partition coefficient (Wildman–Crippen LogP) is -0.315. The van der Waals surface area contributed by atoms with Gasteiger partial charge < -0.3 is 15.4 Å². The Morgan fingerprint density at radius 1 is 1.62 bits per heavy atom. The monoisotopic (exact) mass is 196 g/mol. The molecule has 0 aromatic rings. The molecule has 4 nitrogen and oxygen atoms in total. The number of nitrogens with zero attached hydrogens (tertiary/aromatic N) is 1. The molecule has 0 rings (SSSR count). The lowest BCUT2D eigenvalue weighted by atomic mass is 10.4. The SMILES string of the molecule is COCC(=O)N(CCN)CC(F)F. The van der Waals surface area contributed by atoms with Crippen molar-refractivity contribution < 1.29 is 18.3 Å². The molecular formula is C7H14F2N2O2. The average molecular weight is 196 g/mol. The minimum atomic E-state index is -2.53. The summed E-state index contributed by atoms with van der Waals surface area (Å²) in [6.45, 7) is -0.471. The number of carbonyl (C=O) groups excluding carboxylic acids is 1. The van der Waals surface area contributed by atoms with Crippen molar-refractivity contribution in [3.8, 4) is 0 Å². The van der Waals surface area contributed by atoms with E-state index >= 15 is 0 Å². The van der Waals surface area contributed by atoms with Gasteiger partial charge in [0.25, 0.3) is 6.43 Å². The summed E-state index contributed by atoms with van der Waals surface area (Å²) in [5.41, 5.74) is 5.16. The summed E-state index contributed by atoms with van der Waals surface area (Å²) in [4.78, 5) is 12.1. The molecule has 0 saturated heterocycles. The van der Waals surface area contributed by atoms with Gasteiger partial charge in [0.1, 0.15) is 6.61 Å². The summed E-state index contributed by atoms with van der Waals surface area (Å²) in [5, 5.41) is 0. The maximum atomic E-state index is 11.9. The lowest BCUT2D eigenvalue weighted by Gasteiger charge is -2.20. The summed E-state index contributed by atoms with van der Waals surface area (Å²) >= 11 is 0. The normalized spacial score (nSPS) is 10.5. The zero-order valence-corrected chi connectivity index (χ0v) is 7.50. The van der Waals surface area contributed by atoms with Gasteiger partial charge >= 0.3 is 0 Å². The first-order valence-electron chi connectivity index (χ1n) is 3.86. The van der Waals surface area contributed by atoms with Crippen molar-refractivity contribution in [3.63, 3.8) is 0 Å². The predicted molar refractivity (Wildman–Crippen MR) is 43.5 cm³/mol. The Hall–Kier alpha value is -0.750. The summed E-state index contributed by atoms with van der Waals surface area (Å²) in [5.74, 6) is -0.465. The van der Waals surface area contributed by atoms with Gasteiger partial charge in [-0.1, -0.05) is 0 Å². The first-order chi connectivity index (χ1) is 6.11. The quantitative estimate of drug-likeness (QED) is 0.633. The molecule has 2 N–H and O–H groups in total. The van der Waals surface area contributed by atoms with Gasteiger partial charge in [-0.25, -0.2) is 8.78 Å². The standard InChI is InChI=1S/C7H14F2N2O2/c1-13-5-7(12)11(3-2-10)4-6(8)9/h6H,2-5,10H2,1H3. The van der Waals surface area contributed by atoms with Gasteiger partial charge in [-0.3, -0.25) is 4.79 Å². The Labute approximate surface area is 75.6 Å². The highest BCUT2D eigenvalue weighted by Gasteiger charge is 2.16. The molecule has 0 aromatic carbocycles. The fourth-order valence-electron chi connectivity index (χ4n) is 0.855. The lowest BCUT2D eigenvalue weighted by Crippen LogP contribution is -2.40. The van der Waals surface area contributed by atoms with Gasteiger partial charge in [0.2, 0.25) is 5.91 Å². The molecule has 0 unspecified atom stereocenters. The molecule has 78 valence electrons.